The lowest BCUT2D eigenvalue weighted by atomic mass is 10.1. The van der Waals surface area contributed by atoms with Gasteiger partial charge in [0.15, 0.2) is 0 Å². The SMILES string of the molecule is O=C(CNc1cnn(-c2ccc(Cl)cc2)c(=O)c1Cl)N1CCc2sccc2C1. The first-order valence-electron chi connectivity index (χ1n) is 8.63. The van der Waals surface area contributed by atoms with Gasteiger partial charge in [-0.05, 0) is 47.7 Å². The van der Waals surface area contributed by atoms with Gasteiger partial charge >= 0.3 is 0 Å². The summed E-state index contributed by atoms with van der Waals surface area (Å²) >= 11 is 13.8. The fourth-order valence-corrected chi connectivity index (χ4v) is 4.28. The molecule has 1 aliphatic heterocycles. The molecule has 0 atom stereocenters. The Balaban J connectivity index is 1.45. The summed E-state index contributed by atoms with van der Waals surface area (Å²) < 4.78 is 1.19. The van der Waals surface area contributed by atoms with Gasteiger partial charge in [-0.2, -0.15) is 9.78 Å². The zero-order valence-corrected chi connectivity index (χ0v) is 17.0. The van der Waals surface area contributed by atoms with Crippen LogP contribution in [0.3, 0.4) is 0 Å². The first kappa shape index (κ1) is 19.0. The third-order valence-electron chi connectivity index (χ3n) is 4.58. The highest BCUT2D eigenvalue weighted by Gasteiger charge is 2.21. The lowest BCUT2D eigenvalue weighted by Gasteiger charge is -2.27. The van der Waals surface area contributed by atoms with E-state index in [2.05, 4.69) is 21.9 Å². The molecule has 0 unspecified atom stereocenters. The summed E-state index contributed by atoms with van der Waals surface area (Å²) in [6, 6.07) is 8.75. The molecular formula is C19H16Cl2N4O2S. The first-order valence-corrected chi connectivity index (χ1v) is 10.3. The molecule has 144 valence electrons. The van der Waals surface area contributed by atoms with Crippen LogP contribution in [0.15, 0.2) is 46.7 Å². The second-order valence-corrected chi connectivity index (χ2v) is 8.17. The zero-order valence-electron chi connectivity index (χ0n) is 14.7. The summed E-state index contributed by atoms with van der Waals surface area (Å²) in [6.45, 7) is 1.35. The topological polar surface area (TPSA) is 67.2 Å². The van der Waals surface area contributed by atoms with Crippen LogP contribution in [-0.4, -0.2) is 33.7 Å². The number of carbonyl (C=O) groups excluding carboxylic acids is 1. The lowest BCUT2D eigenvalue weighted by Crippen LogP contribution is -2.39. The van der Waals surface area contributed by atoms with Crippen LogP contribution in [-0.2, 0) is 17.8 Å². The molecular weight excluding hydrogens is 419 g/mol. The second kappa shape index (κ2) is 7.95. The van der Waals surface area contributed by atoms with Crippen LogP contribution in [0, 0.1) is 0 Å². The molecule has 9 heteroatoms. The summed E-state index contributed by atoms with van der Waals surface area (Å²) in [4.78, 5) is 28.2. The molecule has 0 aliphatic carbocycles. The van der Waals surface area contributed by atoms with E-state index in [1.54, 1.807) is 40.5 Å². The molecule has 0 fully saturated rings. The number of carbonyl (C=O) groups is 1. The highest BCUT2D eigenvalue weighted by molar-refractivity contribution is 7.10. The first-order chi connectivity index (χ1) is 13.5. The van der Waals surface area contributed by atoms with Gasteiger partial charge in [0.05, 0.1) is 24.1 Å². The third-order valence-corrected chi connectivity index (χ3v) is 6.22. The van der Waals surface area contributed by atoms with E-state index in [1.807, 2.05) is 0 Å². The molecule has 3 aromatic rings. The summed E-state index contributed by atoms with van der Waals surface area (Å²) in [5.41, 5.74) is 1.62. The zero-order chi connectivity index (χ0) is 19.7. The molecule has 1 N–H and O–H groups in total. The van der Waals surface area contributed by atoms with E-state index in [1.165, 1.54) is 21.3 Å². The van der Waals surface area contributed by atoms with Gasteiger partial charge in [0.1, 0.15) is 5.02 Å². The number of fused-ring (bicyclic) bond motifs is 1. The molecule has 6 nitrogen and oxygen atoms in total. The number of nitrogens with zero attached hydrogens (tertiary/aromatic N) is 3. The Hall–Kier alpha value is -2.35. The van der Waals surface area contributed by atoms with Crippen molar-refractivity contribution in [3.63, 3.8) is 0 Å². The molecule has 0 spiro atoms. The van der Waals surface area contributed by atoms with Crippen molar-refractivity contribution in [1.29, 1.82) is 0 Å². The maximum Gasteiger partial charge on any atom is 0.292 e. The fourth-order valence-electron chi connectivity index (χ4n) is 3.07. The number of hydrogen-bond donors (Lipinski definition) is 1. The monoisotopic (exact) mass is 434 g/mol. The van der Waals surface area contributed by atoms with Crippen molar-refractivity contribution in [3.8, 4) is 5.69 Å². The number of thiophene rings is 1. The van der Waals surface area contributed by atoms with Crippen LogP contribution in [0.4, 0.5) is 5.69 Å². The van der Waals surface area contributed by atoms with Gasteiger partial charge in [-0.15, -0.1) is 11.3 Å². The van der Waals surface area contributed by atoms with Gasteiger partial charge in [0, 0.05) is 23.0 Å². The third kappa shape index (κ3) is 3.78. The van der Waals surface area contributed by atoms with Crippen molar-refractivity contribution >= 4 is 46.1 Å². The molecule has 1 aliphatic rings. The van der Waals surface area contributed by atoms with Gasteiger partial charge in [0.2, 0.25) is 5.91 Å². The molecule has 1 amide bonds. The van der Waals surface area contributed by atoms with E-state index in [0.717, 1.165) is 6.42 Å². The number of hydrogen-bond acceptors (Lipinski definition) is 5. The van der Waals surface area contributed by atoms with Gasteiger partial charge < -0.3 is 10.2 Å². The standard InChI is InChI=1S/C19H16Cl2N4O2S/c20-13-1-3-14(4-2-13)25-19(27)18(21)15(9-23-25)22-10-17(26)24-7-5-16-12(11-24)6-8-28-16/h1-4,6,8-9,22H,5,7,10-11H2. The Morgan fingerprint density at radius 2 is 2.00 bits per heavy atom. The van der Waals surface area contributed by atoms with Crippen LogP contribution in [0.2, 0.25) is 10.0 Å². The predicted molar refractivity (Wildman–Crippen MR) is 112 cm³/mol. The summed E-state index contributed by atoms with van der Waals surface area (Å²) in [5, 5.41) is 9.68. The average Bonchev–Trinajstić information content (AvgIpc) is 3.17. The number of nitrogens with one attached hydrogen (secondary N) is 1. The van der Waals surface area contributed by atoms with Crippen LogP contribution in [0.25, 0.3) is 5.69 Å². The number of benzene rings is 1. The van der Waals surface area contributed by atoms with Crippen LogP contribution in [0.1, 0.15) is 10.4 Å². The number of aromatic nitrogens is 2. The van der Waals surface area contributed by atoms with Gasteiger partial charge in [-0.3, -0.25) is 9.59 Å². The number of halogens is 2. The maximum atomic E-state index is 12.5. The average molecular weight is 435 g/mol. The smallest absolute Gasteiger partial charge is 0.292 e. The van der Waals surface area contributed by atoms with Crippen molar-refractivity contribution < 1.29 is 4.79 Å². The molecule has 0 bridgehead atoms. The molecule has 3 heterocycles. The minimum absolute atomic E-state index is 0.0171. The largest absolute Gasteiger partial charge is 0.373 e. The van der Waals surface area contributed by atoms with Gasteiger partial charge in [0.25, 0.3) is 5.56 Å². The van der Waals surface area contributed by atoms with Crippen molar-refractivity contribution in [2.24, 2.45) is 0 Å². The Bertz CT molecular complexity index is 1080. The Morgan fingerprint density at radius 1 is 1.21 bits per heavy atom. The van der Waals surface area contributed by atoms with Crippen LogP contribution >= 0.6 is 34.5 Å². The van der Waals surface area contributed by atoms with E-state index in [-0.39, 0.29) is 17.5 Å². The molecule has 28 heavy (non-hydrogen) atoms. The summed E-state index contributed by atoms with van der Waals surface area (Å²) in [5.74, 6) is -0.0465. The van der Waals surface area contributed by atoms with E-state index in [4.69, 9.17) is 23.2 Å². The molecule has 4 rings (SSSR count). The van der Waals surface area contributed by atoms with Gasteiger partial charge in [-0.1, -0.05) is 23.2 Å². The molecule has 0 radical (unpaired) electrons. The molecule has 1 aromatic carbocycles. The minimum atomic E-state index is -0.470. The Kier molecular flexibility index (Phi) is 5.39. The number of amides is 1. The highest BCUT2D eigenvalue weighted by Crippen LogP contribution is 2.24. The normalized spacial score (nSPS) is 13.3. The maximum absolute atomic E-state index is 12.5. The van der Waals surface area contributed by atoms with E-state index in [9.17, 15) is 9.59 Å². The number of rotatable bonds is 4. The molecule has 0 saturated heterocycles. The van der Waals surface area contributed by atoms with Crippen molar-refractivity contribution in [1.82, 2.24) is 14.7 Å². The highest BCUT2D eigenvalue weighted by atomic mass is 35.5. The van der Waals surface area contributed by atoms with Crippen LogP contribution in [0.5, 0.6) is 0 Å². The summed E-state index contributed by atoms with van der Waals surface area (Å²) in [6.07, 6.45) is 2.32. The second-order valence-electron chi connectivity index (χ2n) is 6.35. The number of anilines is 1. The molecule has 0 saturated carbocycles. The predicted octanol–water partition coefficient (Wildman–Crippen LogP) is 3.60. The summed E-state index contributed by atoms with van der Waals surface area (Å²) in [7, 11) is 0. The van der Waals surface area contributed by atoms with Crippen molar-refractivity contribution in [3.05, 3.63) is 72.7 Å². The van der Waals surface area contributed by atoms with E-state index >= 15 is 0 Å². The quantitative estimate of drug-likeness (QED) is 0.680. The van der Waals surface area contributed by atoms with Crippen molar-refractivity contribution in [2.45, 2.75) is 13.0 Å². The lowest BCUT2D eigenvalue weighted by molar-refractivity contribution is -0.130. The van der Waals surface area contributed by atoms with Crippen molar-refractivity contribution in [2.75, 3.05) is 18.4 Å². The van der Waals surface area contributed by atoms with Crippen LogP contribution < -0.4 is 10.9 Å². The van der Waals surface area contributed by atoms with E-state index < -0.39 is 5.56 Å². The molecule has 2 aromatic heterocycles. The Labute approximate surface area is 175 Å². The minimum Gasteiger partial charge on any atom is -0.373 e. The van der Waals surface area contributed by atoms with E-state index in [0.29, 0.717) is 29.5 Å². The fraction of sp³-hybridized carbons (Fsp3) is 0.211. The van der Waals surface area contributed by atoms with Gasteiger partial charge in [-0.25, -0.2) is 0 Å². The Morgan fingerprint density at radius 3 is 2.79 bits per heavy atom.